The van der Waals surface area contributed by atoms with Crippen LogP contribution in [0.2, 0.25) is 0 Å². The molecular formula is C32H33F13O6. The van der Waals surface area contributed by atoms with Crippen LogP contribution in [0.15, 0.2) is 60.9 Å². The number of hydrogen-bond donors (Lipinski definition) is 2. The van der Waals surface area contributed by atoms with E-state index in [0.717, 1.165) is 12.2 Å². The first-order valence-electron chi connectivity index (χ1n) is 15.0. The van der Waals surface area contributed by atoms with Crippen LogP contribution in [0.1, 0.15) is 38.7 Å². The van der Waals surface area contributed by atoms with E-state index < -0.39 is 103 Å². The van der Waals surface area contributed by atoms with Gasteiger partial charge < -0.3 is 19.7 Å². The molecular weight excluding hydrogens is 727 g/mol. The fourth-order valence-corrected chi connectivity index (χ4v) is 5.35. The van der Waals surface area contributed by atoms with E-state index in [9.17, 15) is 68.1 Å². The van der Waals surface area contributed by atoms with Crippen molar-refractivity contribution in [2.24, 2.45) is 23.7 Å². The molecule has 0 heterocycles. The average Bonchev–Trinajstić information content (AvgIpc) is 3.44. The molecule has 6 atom stereocenters. The molecule has 0 amide bonds. The molecule has 0 radical (unpaired) electrons. The van der Waals surface area contributed by atoms with Gasteiger partial charge in [0.15, 0.2) is 0 Å². The molecule has 2 N–H and O–H groups in total. The van der Waals surface area contributed by atoms with Gasteiger partial charge in [0, 0.05) is 5.92 Å². The summed E-state index contributed by atoms with van der Waals surface area (Å²) in [5.41, 5.74) is 0.556. The van der Waals surface area contributed by atoms with Crippen LogP contribution in [-0.4, -0.2) is 76.8 Å². The largest absolute Gasteiger partial charge is 0.502 e. The maximum Gasteiger partial charge on any atom is 0.460 e. The summed E-state index contributed by atoms with van der Waals surface area (Å²) in [5, 5.41) is 18.9. The second-order valence-corrected chi connectivity index (χ2v) is 11.7. The molecule has 6 nitrogen and oxygen atoms in total. The highest BCUT2D eigenvalue weighted by Gasteiger charge is 2.91. The molecule has 0 bridgehead atoms. The highest BCUT2D eigenvalue weighted by molar-refractivity contribution is 5.78. The molecule has 1 aromatic carbocycles. The van der Waals surface area contributed by atoms with Crippen LogP contribution in [0.5, 0.6) is 0 Å². The Hall–Kier alpha value is -3.77. The summed E-state index contributed by atoms with van der Waals surface area (Å²) in [6.07, 6.45) is -6.64. The number of hydrogen-bond acceptors (Lipinski definition) is 4. The standard InChI is InChI=1S/C32H33F13O6/c1-3-50-14-13-21-15-20(16-23(21)27(33,34)28(35,36)29(37,38)30(39,40)31(41,42)32(43,44)45)10-9-18(2)51-24(22(26(48)49)17-25(46)47)12-11-19-7-5-4-6-8-19/h4-14,18,20-24H,3,15-17H2,1-2H3,(H,46,47)(H,48,49)/b10-9+,12-11-,14-13-. The molecule has 1 aromatic rings. The molecule has 1 fully saturated rings. The van der Waals surface area contributed by atoms with Crippen LogP contribution >= 0.6 is 0 Å². The van der Waals surface area contributed by atoms with Gasteiger partial charge in [-0.1, -0.05) is 54.6 Å². The van der Waals surface area contributed by atoms with E-state index in [1.54, 1.807) is 30.3 Å². The summed E-state index contributed by atoms with van der Waals surface area (Å²) >= 11 is 0. The summed E-state index contributed by atoms with van der Waals surface area (Å²) < 4.78 is 191. The number of rotatable bonds is 18. The van der Waals surface area contributed by atoms with Crippen molar-refractivity contribution < 1.29 is 86.4 Å². The lowest BCUT2D eigenvalue weighted by Gasteiger charge is -2.42. The first kappa shape index (κ1) is 43.4. The Labute approximate surface area is 282 Å². The zero-order valence-electron chi connectivity index (χ0n) is 26.6. The second-order valence-electron chi connectivity index (χ2n) is 11.7. The Morgan fingerprint density at radius 2 is 1.39 bits per heavy atom. The van der Waals surface area contributed by atoms with Gasteiger partial charge >= 0.3 is 47.7 Å². The van der Waals surface area contributed by atoms with Crippen molar-refractivity contribution in [1.82, 2.24) is 0 Å². The lowest BCUT2D eigenvalue weighted by Crippen LogP contribution is -2.71. The number of ether oxygens (including phenoxy) is 2. The van der Waals surface area contributed by atoms with Crippen LogP contribution < -0.4 is 0 Å². The quantitative estimate of drug-likeness (QED) is 0.0882. The van der Waals surface area contributed by atoms with Crippen molar-refractivity contribution in [3.8, 4) is 0 Å². The summed E-state index contributed by atoms with van der Waals surface area (Å²) in [4.78, 5) is 23.2. The van der Waals surface area contributed by atoms with Crippen molar-refractivity contribution in [3.63, 3.8) is 0 Å². The van der Waals surface area contributed by atoms with Gasteiger partial charge in [-0.15, -0.1) is 0 Å². The predicted octanol–water partition coefficient (Wildman–Crippen LogP) is 9.14. The monoisotopic (exact) mass is 760 g/mol. The minimum atomic E-state index is -8.02. The molecule has 0 spiro atoms. The highest BCUT2D eigenvalue weighted by Crippen LogP contribution is 2.63. The maximum atomic E-state index is 15.3. The Balaban J connectivity index is 2.44. The normalized spacial score (nSPS) is 21.7. The zero-order valence-corrected chi connectivity index (χ0v) is 26.6. The van der Waals surface area contributed by atoms with E-state index in [4.69, 9.17) is 9.47 Å². The van der Waals surface area contributed by atoms with Crippen molar-refractivity contribution in [2.75, 3.05) is 6.61 Å². The van der Waals surface area contributed by atoms with Crippen molar-refractivity contribution in [3.05, 3.63) is 66.5 Å². The van der Waals surface area contributed by atoms with E-state index in [1.807, 2.05) is 0 Å². The summed E-state index contributed by atoms with van der Waals surface area (Å²) in [6, 6.07) is 8.20. The van der Waals surface area contributed by atoms with Gasteiger partial charge in [-0.05, 0) is 50.2 Å². The molecule has 0 saturated heterocycles. The van der Waals surface area contributed by atoms with E-state index in [1.165, 1.54) is 26.0 Å². The highest BCUT2D eigenvalue weighted by atomic mass is 19.4. The fourth-order valence-electron chi connectivity index (χ4n) is 5.35. The number of alkyl halides is 13. The van der Waals surface area contributed by atoms with Gasteiger partial charge in [0.25, 0.3) is 0 Å². The fraction of sp³-hybridized carbons (Fsp3) is 0.562. The molecule has 1 aliphatic carbocycles. The van der Waals surface area contributed by atoms with E-state index >= 15 is 8.78 Å². The molecule has 1 saturated carbocycles. The molecule has 6 unspecified atom stereocenters. The van der Waals surface area contributed by atoms with Crippen LogP contribution in [0.4, 0.5) is 57.1 Å². The number of benzene rings is 1. The molecule has 0 aromatic heterocycles. The number of allylic oxidation sites excluding steroid dienone is 2. The van der Waals surface area contributed by atoms with E-state index in [2.05, 4.69) is 0 Å². The Morgan fingerprint density at radius 1 is 0.824 bits per heavy atom. The third kappa shape index (κ3) is 9.37. The molecule has 51 heavy (non-hydrogen) atoms. The SMILES string of the molecule is CCO/C=C\C1CC(/C=C/C(C)OC(/C=C\c2ccccc2)C(CC(=O)O)C(=O)O)CC1C(F)(F)C(F)(F)C(F)(F)C(F)(F)C(F)(F)C(F)(F)F. The number of halogens is 13. The summed E-state index contributed by atoms with van der Waals surface area (Å²) in [5.74, 6) is -48.5. The Kier molecular flexibility index (Phi) is 13.8. The number of carboxylic acid groups (broad SMARTS) is 2. The van der Waals surface area contributed by atoms with Crippen LogP contribution in [0, 0.1) is 23.7 Å². The van der Waals surface area contributed by atoms with E-state index in [0.29, 0.717) is 17.9 Å². The van der Waals surface area contributed by atoms with Gasteiger partial charge in [-0.3, -0.25) is 9.59 Å². The van der Waals surface area contributed by atoms with Crippen molar-refractivity contribution in [1.29, 1.82) is 0 Å². The number of carboxylic acids is 2. The van der Waals surface area contributed by atoms with E-state index in [-0.39, 0.29) is 6.61 Å². The average molecular weight is 761 g/mol. The maximum absolute atomic E-state index is 15.3. The third-order valence-electron chi connectivity index (χ3n) is 8.07. The van der Waals surface area contributed by atoms with Crippen molar-refractivity contribution >= 4 is 18.0 Å². The molecule has 2 rings (SSSR count). The lowest BCUT2D eigenvalue weighted by molar-refractivity contribution is -0.443. The van der Waals surface area contributed by atoms with Gasteiger partial charge in [0.2, 0.25) is 0 Å². The summed E-state index contributed by atoms with van der Waals surface area (Å²) in [6.45, 7) is 2.56. The lowest BCUT2D eigenvalue weighted by atomic mass is 9.82. The van der Waals surface area contributed by atoms with Crippen LogP contribution in [0.3, 0.4) is 0 Å². The first-order chi connectivity index (χ1) is 23.3. The smallest absolute Gasteiger partial charge is 0.460 e. The molecule has 1 aliphatic rings. The molecule has 19 heteroatoms. The number of aliphatic carboxylic acids is 2. The van der Waals surface area contributed by atoms with Gasteiger partial charge in [-0.2, -0.15) is 57.1 Å². The van der Waals surface area contributed by atoms with Crippen molar-refractivity contribution in [2.45, 2.75) is 81.1 Å². The van der Waals surface area contributed by atoms with Crippen LogP contribution in [-0.2, 0) is 19.1 Å². The minimum absolute atomic E-state index is 0.117. The summed E-state index contributed by atoms with van der Waals surface area (Å²) in [7, 11) is 0. The first-order valence-corrected chi connectivity index (χ1v) is 15.0. The zero-order chi connectivity index (χ0) is 39.2. The topological polar surface area (TPSA) is 93.1 Å². The third-order valence-corrected chi connectivity index (χ3v) is 8.07. The predicted molar refractivity (Wildman–Crippen MR) is 154 cm³/mol. The Bertz CT molecular complexity index is 1410. The molecule has 0 aliphatic heterocycles. The van der Waals surface area contributed by atoms with Gasteiger partial charge in [-0.25, -0.2) is 0 Å². The number of carbonyl (C=O) groups is 2. The van der Waals surface area contributed by atoms with Crippen LogP contribution in [0.25, 0.3) is 6.08 Å². The van der Waals surface area contributed by atoms with Gasteiger partial charge in [0.1, 0.15) is 0 Å². The second kappa shape index (κ2) is 16.3. The minimum Gasteiger partial charge on any atom is -0.502 e. The van der Waals surface area contributed by atoms with Gasteiger partial charge in [0.05, 0.1) is 37.4 Å². The Morgan fingerprint density at radius 3 is 1.90 bits per heavy atom. The molecule has 288 valence electrons.